The zero-order valence-corrected chi connectivity index (χ0v) is 20.2. The molecule has 2 aromatic carbocycles. The van der Waals surface area contributed by atoms with E-state index in [0.717, 1.165) is 41.9 Å². The SMILES string of the molecule is CCC(=O)NC(=Nc1cc(Sc2ccccc2)ccc1NC(=O)C1CCCCC1)NC(=O)OC. The van der Waals surface area contributed by atoms with Gasteiger partial charge in [-0.05, 0) is 43.2 Å². The van der Waals surface area contributed by atoms with Gasteiger partial charge in [0.2, 0.25) is 17.8 Å². The number of guanidine groups is 1. The third-order valence-corrected chi connectivity index (χ3v) is 6.40. The first-order chi connectivity index (χ1) is 16.5. The monoisotopic (exact) mass is 482 g/mol. The summed E-state index contributed by atoms with van der Waals surface area (Å²) < 4.78 is 4.65. The third-order valence-electron chi connectivity index (χ3n) is 5.40. The van der Waals surface area contributed by atoms with Crippen LogP contribution in [0.4, 0.5) is 16.2 Å². The van der Waals surface area contributed by atoms with E-state index in [-0.39, 0.29) is 30.1 Å². The lowest BCUT2D eigenvalue weighted by atomic mass is 9.88. The Morgan fingerprint density at radius 2 is 1.74 bits per heavy atom. The van der Waals surface area contributed by atoms with Gasteiger partial charge in [-0.2, -0.15) is 0 Å². The molecule has 3 rings (SSSR count). The summed E-state index contributed by atoms with van der Waals surface area (Å²) in [6.07, 6.45) is 4.43. The van der Waals surface area contributed by atoms with Crippen molar-refractivity contribution in [1.82, 2.24) is 10.6 Å². The first-order valence-corrected chi connectivity index (χ1v) is 12.2. The Morgan fingerprint density at radius 1 is 1.00 bits per heavy atom. The van der Waals surface area contributed by atoms with E-state index in [1.165, 1.54) is 18.9 Å². The van der Waals surface area contributed by atoms with Gasteiger partial charge in [0.05, 0.1) is 18.5 Å². The number of carbonyl (C=O) groups excluding carboxylic acids is 3. The number of methoxy groups -OCH3 is 1. The van der Waals surface area contributed by atoms with E-state index in [4.69, 9.17) is 0 Å². The van der Waals surface area contributed by atoms with Gasteiger partial charge in [0, 0.05) is 22.1 Å². The molecule has 34 heavy (non-hydrogen) atoms. The van der Waals surface area contributed by atoms with Crippen molar-refractivity contribution in [1.29, 1.82) is 0 Å². The van der Waals surface area contributed by atoms with Crippen LogP contribution in [0, 0.1) is 5.92 Å². The lowest BCUT2D eigenvalue weighted by Gasteiger charge is -2.21. The molecule has 0 bridgehead atoms. The maximum absolute atomic E-state index is 12.9. The largest absolute Gasteiger partial charge is 0.453 e. The molecular weight excluding hydrogens is 452 g/mol. The van der Waals surface area contributed by atoms with Gasteiger partial charge >= 0.3 is 6.09 Å². The van der Waals surface area contributed by atoms with Crippen molar-refractivity contribution >= 4 is 47.0 Å². The number of aliphatic imine (C=N–C) groups is 1. The van der Waals surface area contributed by atoms with Crippen molar-refractivity contribution in [2.24, 2.45) is 10.9 Å². The zero-order chi connectivity index (χ0) is 24.3. The maximum Gasteiger partial charge on any atom is 0.413 e. The molecule has 2 aromatic rings. The van der Waals surface area contributed by atoms with Gasteiger partial charge in [0.15, 0.2) is 0 Å². The molecular formula is C25H30N4O4S. The second-order valence-corrected chi connectivity index (χ2v) is 9.04. The lowest BCUT2D eigenvalue weighted by Crippen LogP contribution is -2.43. The van der Waals surface area contributed by atoms with Crippen LogP contribution < -0.4 is 16.0 Å². The summed E-state index contributed by atoms with van der Waals surface area (Å²) in [5.41, 5.74) is 0.913. The summed E-state index contributed by atoms with van der Waals surface area (Å²) in [5.74, 6) is -0.470. The van der Waals surface area contributed by atoms with Crippen LogP contribution >= 0.6 is 11.8 Å². The van der Waals surface area contributed by atoms with E-state index < -0.39 is 6.09 Å². The van der Waals surface area contributed by atoms with Gasteiger partial charge in [-0.3, -0.25) is 20.2 Å². The number of alkyl carbamates (subject to hydrolysis) is 1. The number of hydrogen-bond acceptors (Lipinski definition) is 6. The Kier molecular flexibility index (Phi) is 9.51. The molecule has 0 unspecified atom stereocenters. The fourth-order valence-corrected chi connectivity index (χ4v) is 4.45. The molecule has 1 aliphatic carbocycles. The van der Waals surface area contributed by atoms with Gasteiger partial charge < -0.3 is 10.1 Å². The van der Waals surface area contributed by atoms with E-state index in [0.29, 0.717) is 11.4 Å². The van der Waals surface area contributed by atoms with Crippen LogP contribution in [0.15, 0.2) is 63.3 Å². The lowest BCUT2D eigenvalue weighted by molar-refractivity contribution is -0.121. The summed E-state index contributed by atoms with van der Waals surface area (Å²) in [6, 6.07) is 15.4. The van der Waals surface area contributed by atoms with E-state index >= 15 is 0 Å². The fourth-order valence-electron chi connectivity index (χ4n) is 3.57. The highest BCUT2D eigenvalue weighted by atomic mass is 32.2. The van der Waals surface area contributed by atoms with Crippen molar-refractivity contribution in [3.8, 4) is 0 Å². The predicted molar refractivity (Wildman–Crippen MR) is 133 cm³/mol. The van der Waals surface area contributed by atoms with E-state index in [1.54, 1.807) is 13.0 Å². The number of carbonyl (C=O) groups is 3. The highest BCUT2D eigenvalue weighted by Gasteiger charge is 2.22. The highest BCUT2D eigenvalue weighted by Crippen LogP contribution is 2.35. The number of amides is 3. The van der Waals surface area contributed by atoms with Crippen molar-refractivity contribution in [2.45, 2.75) is 55.2 Å². The first kappa shape index (κ1) is 25.3. The number of nitrogens with zero attached hydrogens (tertiary/aromatic N) is 1. The Hall–Kier alpha value is -3.33. The van der Waals surface area contributed by atoms with Crippen LogP contribution in [0.1, 0.15) is 45.4 Å². The predicted octanol–water partition coefficient (Wildman–Crippen LogP) is 5.23. The number of hydrogen-bond donors (Lipinski definition) is 3. The van der Waals surface area contributed by atoms with E-state index in [9.17, 15) is 14.4 Å². The normalized spacial score (nSPS) is 14.2. The molecule has 0 radical (unpaired) electrons. The minimum absolute atomic E-state index is 0.0311. The summed E-state index contributed by atoms with van der Waals surface area (Å²) >= 11 is 1.54. The molecule has 8 nitrogen and oxygen atoms in total. The van der Waals surface area contributed by atoms with Gasteiger partial charge in [-0.1, -0.05) is 56.1 Å². The molecule has 3 N–H and O–H groups in total. The van der Waals surface area contributed by atoms with Crippen molar-refractivity contribution in [3.05, 3.63) is 48.5 Å². The van der Waals surface area contributed by atoms with Crippen LogP contribution in [0.2, 0.25) is 0 Å². The van der Waals surface area contributed by atoms with Crippen LogP contribution in [0.25, 0.3) is 0 Å². The molecule has 0 saturated heterocycles. The van der Waals surface area contributed by atoms with Gasteiger partial charge in [0.25, 0.3) is 0 Å². The van der Waals surface area contributed by atoms with Crippen LogP contribution in [0.3, 0.4) is 0 Å². The summed E-state index contributed by atoms with van der Waals surface area (Å²) in [5, 5.41) is 8.00. The molecule has 9 heteroatoms. The topological polar surface area (TPSA) is 109 Å². The van der Waals surface area contributed by atoms with Crippen molar-refractivity contribution < 1.29 is 19.1 Å². The Bertz CT molecular complexity index is 1020. The molecule has 180 valence electrons. The average Bonchev–Trinajstić information content (AvgIpc) is 2.86. The molecule has 3 amide bonds. The number of ether oxygens (including phenoxy) is 1. The summed E-state index contributed by atoms with van der Waals surface area (Å²) in [4.78, 5) is 43.1. The number of benzene rings is 2. The maximum atomic E-state index is 12.9. The van der Waals surface area contributed by atoms with Gasteiger partial charge in [-0.15, -0.1) is 0 Å². The smallest absolute Gasteiger partial charge is 0.413 e. The highest BCUT2D eigenvalue weighted by molar-refractivity contribution is 7.99. The number of nitrogens with one attached hydrogen (secondary N) is 3. The third kappa shape index (κ3) is 7.62. The second-order valence-electron chi connectivity index (χ2n) is 7.90. The van der Waals surface area contributed by atoms with Crippen LogP contribution in [-0.4, -0.2) is 31.0 Å². The van der Waals surface area contributed by atoms with Crippen LogP contribution in [-0.2, 0) is 14.3 Å². The molecule has 0 aliphatic heterocycles. The standard InChI is InChI=1S/C25H30N4O4S/c1-3-22(30)28-24(29-25(32)33-2)27-21-16-19(34-18-12-8-5-9-13-18)14-15-20(21)26-23(31)17-10-6-4-7-11-17/h5,8-9,12-17H,3-4,6-7,10-11H2,1-2H3,(H,26,31)(H2,27,28,29,30,32). The van der Waals surface area contributed by atoms with E-state index in [1.807, 2.05) is 42.5 Å². The fraction of sp³-hybridized carbons (Fsp3) is 0.360. The first-order valence-electron chi connectivity index (χ1n) is 11.4. The van der Waals surface area contributed by atoms with Crippen molar-refractivity contribution in [2.75, 3.05) is 12.4 Å². The average molecular weight is 483 g/mol. The Labute approximate surface area is 203 Å². The second kappa shape index (κ2) is 12.8. The number of rotatable bonds is 6. The summed E-state index contributed by atoms with van der Waals surface area (Å²) in [6.45, 7) is 1.69. The Morgan fingerprint density at radius 3 is 2.41 bits per heavy atom. The van der Waals surface area contributed by atoms with Gasteiger partial charge in [0.1, 0.15) is 0 Å². The Balaban J connectivity index is 1.94. The van der Waals surface area contributed by atoms with Crippen molar-refractivity contribution in [3.63, 3.8) is 0 Å². The minimum Gasteiger partial charge on any atom is -0.453 e. The van der Waals surface area contributed by atoms with E-state index in [2.05, 4.69) is 25.7 Å². The number of anilines is 1. The van der Waals surface area contributed by atoms with Crippen LogP contribution in [0.5, 0.6) is 0 Å². The molecule has 0 heterocycles. The summed E-state index contributed by atoms with van der Waals surface area (Å²) in [7, 11) is 1.22. The molecule has 0 spiro atoms. The molecule has 0 atom stereocenters. The zero-order valence-electron chi connectivity index (χ0n) is 19.4. The minimum atomic E-state index is -0.766. The molecule has 1 fully saturated rings. The van der Waals surface area contributed by atoms with Gasteiger partial charge in [-0.25, -0.2) is 9.79 Å². The molecule has 1 aliphatic rings. The quantitative estimate of drug-likeness (QED) is 0.386. The molecule has 1 saturated carbocycles. The molecule has 0 aromatic heterocycles.